The number of aromatic amines is 1. The number of halogens is 2. The monoisotopic (exact) mass is 162 g/mol. The Morgan fingerprint density at radius 1 is 1.73 bits per heavy atom. The fourth-order valence-electron chi connectivity index (χ4n) is 0.451. The van der Waals surface area contributed by atoms with Crippen molar-refractivity contribution >= 4 is 5.97 Å². The molecule has 1 N–H and O–H groups in total. The van der Waals surface area contributed by atoms with E-state index in [1.807, 2.05) is 0 Å². The van der Waals surface area contributed by atoms with Crippen molar-refractivity contribution in [2.45, 2.75) is 6.43 Å². The summed E-state index contributed by atoms with van der Waals surface area (Å²) < 4.78 is 27.1. The van der Waals surface area contributed by atoms with Crippen molar-refractivity contribution < 1.29 is 18.3 Å². The molecule has 1 aromatic rings. The number of ether oxygens (including phenoxy) is 1. The van der Waals surface area contributed by atoms with Gasteiger partial charge in [-0.3, -0.25) is 5.10 Å². The second-order valence-corrected chi connectivity index (χ2v) is 1.63. The van der Waals surface area contributed by atoms with Crippen molar-refractivity contribution in [3.63, 3.8) is 0 Å². The van der Waals surface area contributed by atoms with E-state index in [1.54, 1.807) is 0 Å². The number of alkyl halides is 2. The van der Waals surface area contributed by atoms with E-state index in [4.69, 9.17) is 0 Å². The fourth-order valence-corrected chi connectivity index (χ4v) is 0.451. The average molecular weight is 162 g/mol. The molecule has 1 aromatic heterocycles. The van der Waals surface area contributed by atoms with E-state index < -0.39 is 12.4 Å². The highest BCUT2D eigenvalue weighted by Crippen LogP contribution is 2.05. The van der Waals surface area contributed by atoms with E-state index >= 15 is 0 Å². The SMILES string of the molecule is O=C(Oc1cc[nH]n1)C(F)F. The number of aromatic nitrogens is 2. The standard InChI is InChI=1S/C5H4F2N2O2/c6-4(7)5(10)11-3-1-2-8-9-3/h1-2,4H,(H,8,9). The molecule has 0 radical (unpaired) electrons. The lowest BCUT2D eigenvalue weighted by Crippen LogP contribution is -2.17. The van der Waals surface area contributed by atoms with Crippen LogP contribution in [0, 0.1) is 0 Å². The van der Waals surface area contributed by atoms with Gasteiger partial charge in [0.2, 0.25) is 5.88 Å². The predicted molar refractivity (Wildman–Crippen MR) is 30.2 cm³/mol. The van der Waals surface area contributed by atoms with Crippen molar-refractivity contribution in [1.29, 1.82) is 0 Å². The van der Waals surface area contributed by atoms with Gasteiger partial charge >= 0.3 is 12.4 Å². The zero-order valence-corrected chi connectivity index (χ0v) is 5.25. The van der Waals surface area contributed by atoms with Crippen LogP contribution in [0.3, 0.4) is 0 Å². The number of H-pyrrole nitrogens is 1. The maximum atomic E-state index is 11.5. The minimum Gasteiger partial charge on any atom is -0.402 e. The minimum atomic E-state index is -3.12. The topological polar surface area (TPSA) is 55.0 Å². The van der Waals surface area contributed by atoms with Crippen LogP contribution in [0.5, 0.6) is 5.88 Å². The third kappa shape index (κ3) is 1.99. The lowest BCUT2D eigenvalue weighted by molar-refractivity contribution is -0.146. The number of nitrogens with zero attached hydrogens (tertiary/aromatic N) is 1. The Kier molecular flexibility index (Phi) is 2.15. The number of rotatable bonds is 2. The van der Waals surface area contributed by atoms with E-state index in [2.05, 4.69) is 14.9 Å². The molecule has 1 heterocycles. The zero-order chi connectivity index (χ0) is 8.27. The van der Waals surface area contributed by atoms with E-state index in [-0.39, 0.29) is 5.88 Å². The van der Waals surface area contributed by atoms with Crippen LogP contribution in [-0.4, -0.2) is 22.6 Å². The highest BCUT2D eigenvalue weighted by atomic mass is 19.3. The van der Waals surface area contributed by atoms with Gasteiger partial charge in [-0.15, -0.1) is 5.10 Å². The summed E-state index contributed by atoms with van der Waals surface area (Å²) in [5, 5.41) is 5.64. The van der Waals surface area contributed by atoms with Crippen molar-refractivity contribution in [2.75, 3.05) is 0 Å². The summed E-state index contributed by atoms with van der Waals surface area (Å²) in [4.78, 5) is 10.2. The molecule has 0 amide bonds. The number of hydrogen-bond donors (Lipinski definition) is 1. The first-order chi connectivity index (χ1) is 5.20. The summed E-state index contributed by atoms with van der Waals surface area (Å²) in [6.07, 6.45) is -1.76. The normalized spacial score (nSPS) is 10.1. The van der Waals surface area contributed by atoms with Gasteiger partial charge in [-0.2, -0.15) is 8.78 Å². The van der Waals surface area contributed by atoms with Crippen LogP contribution in [0.2, 0.25) is 0 Å². The highest BCUT2D eigenvalue weighted by Gasteiger charge is 2.18. The minimum absolute atomic E-state index is 0.157. The summed E-state index contributed by atoms with van der Waals surface area (Å²) in [7, 11) is 0. The Bertz CT molecular complexity index is 235. The molecule has 0 spiro atoms. The Morgan fingerprint density at radius 2 is 2.45 bits per heavy atom. The Hall–Kier alpha value is -1.46. The van der Waals surface area contributed by atoms with Gasteiger partial charge in [0.25, 0.3) is 0 Å². The number of carbonyl (C=O) groups is 1. The first-order valence-electron chi connectivity index (χ1n) is 2.70. The molecule has 11 heavy (non-hydrogen) atoms. The van der Waals surface area contributed by atoms with Gasteiger partial charge in [-0.1, -0.05) is 0 Å². The first-order valence-corrected chi connectivity index (χ1v) is 2.70. The van der Waals surface area contributed by atoms with Crippen LogP contribution in [0.15, 0.2) is 12.3 Å². The van der Waals surface area contributed by atoms with Crippen molar-refractivity contribution in [3.05, 3.63) is 12.3 Å². The van der Waals surface area contributed by atoms with Crippen LogP contribution < -0.4 is 4.74 Å². The molecule has 0 saturated heterocycles. The average Bonchev–Trinajstić information content (AvgIpc) is 2.39. The number of hydrogen-bond acceptors (Lipinski definition) is 3. The van der Waals surface area contributed by atoms with Gasteiger partial charge in [0.15, 0.2) is 0 Å². The third-order valence-corrected chi connectivity index (χ3v) is 0.859. The van der Waals surface area contributed by atoms with E-state index in [1.165, 1.54) is 12.3 Å². The van der Waals surface area contributed by atoms with Crippen LogP contribution >= 0.6 is 0 Å². The summed E-state index contributed by atoms with van der Waals surface area (Å²) in [5.74, 6) is -1.76. The van der Waals surface area contributed by atoms with Crippen LogP contribution in [0.4, 0.5) is 8.78 Å². The van der Waals surface area contributed by atoms with E-state index in [0.717, 1.165) is 0 Å². The lowest BCUT2D eigenvalue weighted by atomic mass is 10.7. The van der Waals surface area contributed by atoms with Gasteiger partial charge in [-0.25, -0.2) is 4.79 Å². The van der Waals surface area contributed by atoms with Crippen molar-refractivity contribution in [3.8, 4) is 5.88 Å². The molecule has 0 aliphatic rings. The van der Waals surface area contributed by atoms with Crippen LogP contribution in [0.25, 0.3) is 0 Å². The van der Waals surface area contributed by atoms with Gasteiger partial charge in [-0.05, 0) is 0 Å². The first kappa shape index (κ1) is 7.64. The molecule has 0 aliphatic heterocycles. The molecule has 60 valence electrons. The smallest absolute Gasteiger partial charge is 0.380 e. The quantitative estimate of drug-likeness (QED) is 0.647. The molecule has 0 bridgehead atoms. The lowest BCUT2D eigenvalue weighted by Gasteiger charge is -1.96. The second-order valence-electron chi connectivity index (χ2n) is 1.63. The van der Waals surface area contributed by atoms with Gasteiger partial charge in [0.05, 0.1) is 0 Å². The summed E-state index contributed by atoms with van der Waals surface area (Å²) in [6, 6.07) is 1.26. The number of nitrogens with one attached hydrogen (secondary N) is 1. The van der Waals surface area contributed by atoms with Gasteiger partial charge < -0.3 is 4.74 Å². The van der Waals surface area contributed by atoms with Gasteiger partial charge in [0, 0.05) is 12.3 Å². The maximum absolute atomic E-state index is 11.5. The predicted octanol–water partition coefficient (Wildman–Crippen LogP) is 0.580. The molecule has 0 saturated carbocycles. The molecular formula is C5H4F2N2O2. The van der Waals surface area contributed by atoms with Crippen molar-refractivity contribution in [2.24, 2.45) is 0 Å². The summed E-state index contributed by atoms with van der Waals surface area (Å²) in [6.45, 7) is 0. The second kappa shape index (κ2) is 3.09. The van der Waals surface area contributed by atoms with Gasteiger partial charge in [0.1, 0.15) is 0 Å². The molecule has 0 atom stereocenters. The fraction of sp³-hybridized carbons (Fsp3) is 0.200. The molecule has 0 aromatic carbocycles. The largest absolute Gasteiger partial charge is 0.402 e. The number of carbonyl (C=O) groups excluding carboxylic acids is 1. The van der Waals surface area contributed by atoms with Crippen molar-refractivity contribution in [1.82, 2.24) is 10.2 Å². The third-order valence-electron chi connectivity index (χ3n) is 0.859. The molecule has 4 nitrogen and oxygen atoms in total. The molecule has 6 heteroatoms. The summed E-state index contributed by atoms with van der Waals surface area (Å²) in [5.41, 5.74) is 0. The maximum Gasteiger partial charge on any atom is 0.380 e. The zero-order valence-electron chi connectivity index (χ0n) is 5.25. The van der Waals surface area contributed by atoms with Crippen LogP contribution in [0.1, 0.15) is 0 Å². The Morgan fingerprint density at radius 3 is 2.91 bits per heavy atom. The van der Waals surface area contributed by atoms with Crippen LogP contribution in [-0.2, 0) is 4.79 Å². The Labute approximate surface area is 60.2 Å². The molecule has 0 unspecified atom stereocenters. The molecule has 0 aliphatic carbocycles. The Balaban J connectivity index is 2.50. The summed E-state index contributed by atoms with van der Waals surface area (Å²) >= 11 is 0. The molecule has 0 fully saturated rings. The highest BCUT2D eigenvalue weighted by molar-refractivity contribution is 5.74. The number of esters is 1. The van der Waals surface area contributed by atoms with E-state index in [0.29, 0.717) is 0 Å². The molecule has 1 rings (SSSR count). The molecular weight excluding hydrogens is 158 g/mol. The van der Waals surface area contributed by atoms with E-state index in [9.17, 15) is 13.6 Å².